The van der Waals surface area contributed by atoms with Crippen molar-refractivity contribution in [2.75, 3.05) is 0 Å². The largest absolute Gasteiger partial charge is 0.508 e. The first-order valence-corrected chi connectivity index (χ1v) is 4.10. The maximum absolute atomic E-state index is 9.03. The van der Waals surface area contributed by atoms with Gasteiger partial charge in [0.1, 0.15) is 11.5 Å². The van der Waals surface area contributed by atoms with E-state index >= 15 is 0 Å². The summed E-state index contributed by atoms with van der Waals surface area (Å²) in [7, 11) is 0. The molecule has 0 atom stereocenters. The fourth-order valence-electron chi connectivity index (χ4n) is 0.985. The predicted molar refractivity (Wildman–Crippen MR) is 48.8 cm³/mol. The van der Waals surface area contributed by atoms with Crippen molar-refractivity contribution < 1.29 is 9.84 Å². The second kappa shape index (κ2) is 3.78. The van der Waals surface area contributed by atoms with Gasteiger partial charge in [-0.25, -0.2) is 4.68 Å². The number of ether oxygens (including phenoxy) is 1. The fraction of sp³-hybridized carbons (Fsp3) is 0.111. The monoisotopic (exact) mass is 191 g/mol. The minimum Gasteiger partial charge on any atom is -0.508 e. The normalized spacial score (nSPS) is 10.0. The Morgan fingerprint density at radius 2 is 2.07 bits per heavy atom. The Balaban J connectivity index is 1.95. The summed E-state index contributed by atoms with van der Waals surface area (Å²) >= 11 is 0. The molecule has 5 heteroatoms. The smallest absolute Gasteiger partial charge is 0.182 e. The molecule has 1 N–H and O–H groups in total. The van der Waals surface area contributed by atoms with Gasteiger partial charge in [-0.3, -0.25) is 0 Å². The van der Waals surface area contributed by atoms with Crippen molar-refractivity contribution in [3.8, 4) is 11.5 Å². The van der Waals surface area contributed by atoms with Crippen molar-refractivity contribution in [1.29, 1.82) is 0 Å². The molecule has 0 saturated heterocycles. The lowest BCUT2D eigenvalue weighted by molar-refractivity contribution is 0.218. The second-order valence-electron chi connectivity index (χ2n) is 2.71. The predicted octanol–water partition coefficient (Wildman–Crippen LogP) is 1.02. The van der Waals surface area contributed by atoms with Crippen molar-refractivity contribution in [1.82, 2.24) is 15.0 Å². The second-order valence-corrected chi connectivity index (χ2v) is 2.71. The summed E-state index contributed by atoms with van der Waals surface area (Å²) in [6.45, 7) is 0.310. The SMILES string of the molecule is Oc1ccc(OCn2ccnn2)cc1. The molecule has 0 fully saturated rings. The van der Waals surface area contributed by atoms with Crippen LogP contribution in [0.25, 0.3) is 0 Å². The molecule has 0 aliphatic rings. The number of rotatable bonds is 3. The zero-order chi connectivity index (χ0) is 9.80. The van der Waals surface area contributed by atoms with Gasteiger partial charge in [0.15, 0.2) is 6.73 Å². The van der Waals surface area contributed by atoms with E-state index in [0.717, 1.165) is 0 Å². The molecule has 0 spiro atoms. The molecule has 0 radical (unpaired) electrons. The molecule has 2 aromatic rings. The zero-order valence-electron chi connectivity index (χ0n) is 7.37. The third-order valence-corrected chi connectivity index (χ3v) is 1.67. The van der Waals surface area contributed by atoms with Gasteiger partial charge in [0.25, 0.3) is 0 Å². The summed E-state index contributed by atoms with van der Waals surface area (Å²) in [6.07, 6.45) is 3.29. The number of benzene rings is 1. The van der Waals surface area contributed by atoms with Crippen molar-refractivity contribution >= 4 is 0 Å². The van der Waals surface area contributed by atoms with E-state index in [9.17, 15) is 0 Å². The summed E-state index contributed by atoms with van der Waals surface area (Å²) < 4.78 is 6.92. The molecule has 0 amide bonds. The van der Waals surface area contributed by atoms with Gasteiger partial charge in [0, 0.05) is 6.20 Å². The van der Waals surface area contributed by atoms with E-state index in [4.69, 9.17) is 9.84 Å². The Hall–Kier alpha value is -2.04. The average Bonchev–Trinajstić information content (AvgIpc) is 2.70. The fourth-order valence-corrected chi connectivity index (χ4v) is 0.985. The molecule has 0 unspecified atom stereocenters. The summed E-state index contributed by atoms with van der Waals surface area (Å²) in [5, 5.41) is 16.4. The van der Waals surface area contributed by atoms with Crippen LogP contribution in [0.3, 0.4) is 0 Å². The maximum Gasteiger partial charge on any atom is 0.182 e. The van der Waals surface area contributed by atoms with E-state index in [0.29, 0.717) is 12.5 Å². The lowest BCUT2D eigenvalue weighted by Gasteiger charge is -2.04. The van der Waals surface area contributed by atoms with Gasteiger partial charge in [-0.15, -0.1) is 5.10 Å². The standard InChI is InChI=1S/C9H9N3O2/c13-8-1-3-9(4-2-8)14-7-12-6-5-10-11-12/h1-6,13H,7H2. The Bertz CT molecular complexity index is 383. The van der Waals surface area contributed by atoms with Crippen molar-refractivity contribution in [3.05, 3.63) is 36.7 Å². The van der Waals surface area contributed by atoms with Crippen LogP contribution in [0.4, 0.5) is 0 Å². The van der Waals surface area contributed by atoms with Crippen LogP contribution in [0.2, 0.25) is 0 Å². The molecule has 5 nitrogen and oxygen atoms in total. The molecular weight excluding hydrogens is 182 g/mol. The van der Waals surface area contributed by atoms with Gasteiger partial charge in [0.2, 0.25) is 0 Å². The number of aromatic nitrogens is 3. The number of phenolic OH excluding ortho intramolecular Hbond substituents is 1. The maximum atomic E-state index is 9.03. The Labute approximate surface area is 80.6 Å². The first-order chi connectivity index (χ1) is 6.84. The van der Waals surface area contributed by atoms with E-state index in [-0.39, 0.29) is 5.75 Å². The third-order valence-electron chi connectivity index (χ3n) is 1.67. The highest BCUT2D eigenvalue weighted by molar-refractivity contribution is 5.29. The van der Waals surface area contributed by atoms with Crippen LogP contribution < -0.4 is 4.74 Å². The van der Waals surface area contributed by atoms with Gasteiger partial charge in [-0.2, -0.15) is 0 Å². The van der Waals surface area contributed by atoms with Gasteiger partial charge < -0.3 is 9.84 Å². The summed E-state index contributed by atoms with van der Waals surface area (Å²) in [6, 6.07) is 6.51. The third kappa shape index (κ3) is 2.01. The number of hydrogen-bond acceptors (Lipinski definition) is 4. The van der Waals surface area contributed by atoms with Crippen molar-refractivity contribution in [2.24, 2.45) is 0 Å². The molecular formula is C9H9N3O2. The lowest BCUT2D eigenvalue weighted by atomic mass is 10.3. The zero-order valence-corrected chi connectivity index (χ0v) is 7.37. The van der Waals surface area contributed by atoms with E-state index < -0.39 is 0 Å². The van der Waals surface area contributed by atoms with Crippen LogP contribution in [0.1, 0.15) is 0 Å². The Morgan fingerprint density at radius 1 is 1.29 bits per heavy atom. The molecule has 0 aliphatic heterocycles. The van der Waals surface area contributed by atoms with E-state index in [1.165, 1.54) is 0 Å². The minimum atomic E-state index is 0.220. The Kier molecular flexibility index (Phi) is 2.31. The van der Waals surface area contributed by atoms with Crippen LogP contribution in [0, 0.1) is 0 Å². The molecule has 2 rings (SSSR count). The molecule has 72 valence electrons. The lowest BCUT2D eigenvalue weighted by Crippen LogP contribution is -2.05. The van der Waals surface area contributed by atoms with Gasteiger partial charge in [-0.05, 0) is 24.3 Å². The molecule has 1 aromatic heterocycles. The van der Waals surface area contributed by atoms with Crippen LogP contribution in [0.15, 0.2) is 36.7 Å². The number of hydrogen-bond donors (Lipinski definition) is 1. The van der Waals surface area contributed by atoms with Crippen LogP contribution in [0.5, 0.6) is 11.5 Å². The molecule has 1 heterocycles. The summed E-state index contributed by atoms with van der Waals surface area (Å²) in [5.41, 5.74) is 0. The molecule has 0 saturated carbocycles. The van der Waals surface area contributed by atoms with E-state index in [2.05, 4.69) is 10.3 Å². The topological polar surface area (TPSA) is 60.2 Å². The van der Waals surface area contributed by atoms with Crippen molar-refractivity contribution in [2.45, 2.75) is 6.73 Å². The number of aromatic hydroxyl groups is 1. The molecule has 0 aliphatic carbocycles. The minimum absolute atomic E-state index is 0.220. The van der Waals surface area contributed by atoms with E-state index in [1.807, 2.05) is 0 Å². The molecule has 0 bridgehead atoms. The highest BCUT2D eigenvalue weighted by Gasteiger charge is 1.94. The first-order valence-electron chi connectivity index (χ1n) is 4.10. The van der Waals surface area contributed by atoms with Gasteiger partial charge in [-0.1, -0.05) is 5.21 Å². The van der Waals surface area contributed by atoms with Crippen molar-refractivity contribution in [3.63, 3.8) is 0 Å². The van der Waals surface area contributed by atoms with Gasteiger partial charge >= 0.3 is 0 Å². The summed E-state index contributed by atoms with van der Waals surface area (Å²) in [4.78, 5) is 0. The highest BCUT2D eigenvalue weighted by Crippen LogP contribution is 2.15. The van der Waals surface area contributed by atoms with Gasteiger partial charge in [0.05, 0.1) is 6.20 Å². The quantitative estimate of drug-likeness (QED) is 0.786. The first kappa shape index (κ1) is 8.55. The summed E-state index contributed by atoms with van der Waals surface area (Å²) in [5.74, 6) is 0.899. The van der Waals surface area contributed by atoms with Crippen LogP contribution in [-0.2, 0) is 6.73 Å². The molecule has 1 aromatic carbocycles. The number of phenols is 1. The average molecular weight is 191 g/mol. The highest BCUT2D eigenvalue weighted by atomic mass is 16.5. The molecule has 14 heavy (non-hydrogen) atoms. The van der Waals surface area contributed by atoms with Crippen LogP contribution in [-0.4, -0.2) is 20.1 Å². The van der Waals surface area contributed by atoms with E-state index in [1.54, 1.807) is 41.3 Å². The van der Waals surface area contributed by atoms with Crippen LogP contribution >= 0.6 is 0 Å². The Morgan fingerprint density at radius 3 is 2.71 bits per heavy atom. The number of nitrogens with zero attached hydrogens (tertiary/aromatic N) is 3.